The number of nitrogens with two attached hydrogens (primary N) is 1. The van der Waals surface area contributed by atoms with Crippen molar-refractivity contribution in [2.75, 3.05) is 18.5 Å². The topological polar surface area (TPSA) is 71.2 Å². The molecule has 0 spiro atoms. The standard InChI is InChI=1S/C14H23ClN4O/c1-3-5-9-19(10-6-4-2)14(20)13-11(15)7-8-12(17-13)18-16/h7-8H,3-6,9-10,16H2,1-2H3,(H,17,18). The molecule has 0 aliphatic carbocycles. The van der Waals surface area contributed by atoms with Gasteiger partial charge in [0.05, 0.1) is 5.02 Å². The molecule has 6 heteroatoms. The van der Waals surface area contributed by atoms with Crippen molar-refractivity contribution in [3.63, 3.8) is 0 Å². The molecule has 112 valence electrons. The number of pyridine rings is 1. The van der Waals surface area contributed by atoms with E-state index in [2.05, 4.69) is 24.3 Å². The van der Waals surface area contributed by atoms with Crippen LogP contribution in [0, 0.1) is 0 Å². The Morgan fingerprint density at radius 3 is 2.40 bits per heavy atom. The number of nitrogens with one attached hydrogen (secondary N) is 1. The summed E-state index contributed by atoms with van der Waals surface area (Å²) in [5.41, 5.74) is 2.69. The van der Waals surface area contributed by atoms with Gasteiger partial charge in [-0.25, -0.2) is 10.8 Å². The molecule has 1 amide bonds. The summed E-state index contributed by atoms with van der Waals surface area (Å²) in [4.78, 5) is 18.5. The number of carbonyl (C=O) groups excluding carboxylic acids is 1. The van der Waals surface area contributed by atoms with Gasteiger partial charge in [-0.1, -0.05) is 38.3 Å². The van der Waals surface area contributed by atoms with E-state index in [9.17, 15) is 4.79 Å². The lowest BCUT2D eigenvalue weighted by atomic mass is 10.2. The third kappa shape index (κ3) is 4.65. The van der Waals surface area contributed by atoms with E-state index in [1.54, 1.807) is 12.1 Å². The van der Waals surface area contributed by atoms with Crippen molar-refractivity contribution < 1.29 is 4.79 Å². The number of rotatable bonds is 8. The monoisotopic (exact) mass is 298 g/mol. The van der Waals surface area contributed by atoms with E-state index in [4.69, 9.17) is 17.4 Å². The molecule has 0 aromatic carbocycles. The molecule has 1 aromatic heterocycles. The van der Waals surface area contributed by atoms with E-state index in [0.29, 0.717) is 10.8 Å². The van der Waals surface area contributed by atoms with Crippen LogP contribution in [-0.2, 0) is 0 Å². The van der Waals surface area contributed by atoms with Gasteiger partial charge in [0.25, 0.3) is 5.91 Å². The summed E-state index contributed by atoms with van der Waals surface area (Å²) < 4.78 is 0. The van der Waals surface area contributed by atoms with Crippen molar-refractivity contribution in [3.8, 4) is 0 Å². The van der Waals surface area contributed by atoms with Gasteiger partial charge in [-0.2, -0.15) is 0 Å². The molecule has 0 aliphatic heterocycles. The molecule has 0 unspecified atom stereocenters. The minimum atomic E-state index is -0.131. The minimum absolute atomic E-state index is 0.131. The van der Waals surface area contributed by atoms with Gasteiger partial charge in [0.2, 0.25) is 0 Å². The van der Waals surface area contributed by atoms with E-state index in [-0.39, 0.29) is 11.6 Å². The SMILES string of the molecule is CCCCN(CCCC)C(=O)c1nc(NN)ccc1Cl. The first kappa shape index (κ1) is 16.7. The van der Waals surface area contributed by atoms with Crippen LogP contribution >= 0.6 is 11.6 Å². The second-order valence-electron chi connectivity index (χ2n) is 4.67. The molecule has 1 rings (SSSR count). The first-order valence-corrected chi connectivity index (χ1v) is 7.44. The lowest BCUT2D eigenvalue weighted by molar-refractivity contribution is 0.0745. The molecule has 0 radical (unpaired) electrons. The highest BCUT2D eigenvalue weighted by Gasteiger charge is 2.19. The van der Waals surface area contributed by atoms with Crippen LogP contribution in [0.2, 0.25) is 5.02 Å². The number of hydrazine groups is 1. The second kappa shape index (κ2) is 8.76. The molecule has 0 bridgehead atoms. The largest absolute Gasteiger partial charge is 0.337 e. The molecule has 3 N–H and O–H groups in total. The third-order valence-corrected chi connectivity index (χ3v) is 3.35. The third-order valence-electron chi connectivity index (χ3n) is 3.05. The maximum atomic E-state index is 12.6. The van der Waals surface area contributed by atoms with Crippen LogP contribution < -0.4 is 11.3 Å². The summed E-state index contributed by atoms with van der Waals surface area (Å²) in [5.74, 6) is 5.63. The zero-order chi connectivity index (χ0) is 15.0. The maximum absolute atomic E-state index is 12.6. The van der Waals surface area contributed by atoms with Gasteiger partial charge in [-0.3, -0.25) is 4.79 Å². The number of unbranched alkanes of at least 4 members (excludes halogenated alkanes) is 2. The normalized spacial score (nSPS) is 10.4. The number of carbonyl (C=O) groups is 1. The van der Waals surface area contributed by atoms with Gasteiger partial charge in [0.1, 0.15) is 11.5 Å². The Kier molecular flexibility index (Phi) is 7.33. The van der Waals surface area contributed by atoms with Crippen LogP contribution in [-0.4, -0.2) is 28.9 Å². The summed E-state index contributed by atoms with van der Waals surface area (Å²) in [6.07, 6.45) is 4.03. The van der Waals surface area contributed by atoms with Gasteiger partial charge in [-0.15, -0.1) is 0 Å². The number of amides is 1. The van der Waals surface area contributed by atoms with Gasteiger partial charge in [0, 0.05) is 13.1 Å². The molecule has 0 saturated carbocycles. The van der Waals surface area contributed by atoms with Crippen LogP contribution in [0.5, 0.6) is 0 Å². The Bertz CT molecular complexity index is 431. The van der Waals surface area contributed by atoms with Gasteiger partial charge >= 0.3 is 0 Å². The van der Waals surface area contributed by atoms with E-state index in [1.807, 2.05) is 4.90 Å². The fourth-order valence-corrected chi connectivity index (χ4v) is 2.02. The van der Waals surface area contributed by atoms with E-state index in [0.717, 1.165) is 38.8 Å². The highest BCUT2D eigenvalue weighted by Crippen LogP contribution is 2.18. The predicted molar refractivity (Wildman–Crippen MR) is 82.8 cm³/mol. The number of hydrogen-bond acceptors (Lipinski definition) is 4. The van der Waals surface area contributed by atoms with Crippen molar-refractivity contribution in [1.82, 2.24) is 9.88 Å². The number of nitrogens with zero attached hydrogens (tertiary/aromatic N) is 2. The first-order valence-electron chi connectivity index (χ1n) is 7.06. The van der Waals surface area contributed by atoms with E-state index >= 15 is 0 Å². The number of anilines is 1. The van der Waals surface area contributed by atoms with E-state index < -0.39 is 0 Å². The molecule has 0 fully saturated rings. The summed E-state index contributed by atoms with van der Waals surface area (Å²) in [5, 5.41) is 0.354. The molecule has 0 atom stereocenters. The Balaban J connectivity index is 2.91. The minimum Gasteiger partial charge on any atom is -0.337 e. The summed E-state index contributed by atoms with van der Waals surface area (Å²) >= 11 is 6.08. The van der Waals surface area contributed by atoms with Gasteiger partial charge in [-0.05, 0) is 25.0 Å². The Labute approximate surface area is 125 Å². The summed E-state index contributed by atoms with van der Waals surface area (Å²) in [7, 11) is 0. The molecule has 0 aliphatic rings. The Morgan fingerprint density at radius 2 is 1.90 bits per heavy atom. The molecular weight excluding hydrogens is 276 g/mol. The van der Waals surface area contributed by atoms with Crippen LogP contribution in [0.15, 0.2) is 12.1 Å². The Hall–Kier alpha value is -1.33. The number of aromatic nitrogens is 1. The zero-order valence-electron chi connectivity index (χ0n) is 12.2. The quantitative estimate of drug-likeness (QED) is 0.571. The number of halogens is 1. The zero-order valence-corrected chi connectivity index (χ0v) is 12.9. The smallest absolute Gasteiger partial charge is 0.274 e. The summed E-state index contributed by atoms with van der Waals surface area (Å²) in [6.45, 7) is 5.67. The van der Waals surface area contributed by atoms with Gasteiger partial charge < -0.3 is 10.3 Å². The van der Waals surface area contributed by atoms with Crippen LogP contribution in [0.1, 0.15) is 50.0 Å². The molecular formula is C14H23ClN4O. The highest BCUT2D eigenvalue weighted by atomic mass is 35.5. The molecule has 20 heavy (non-hydrogen) atoms. The van der Waals surface area contributed by atoms with Crippen LogP contribution in [0.25, 0.3) is 0 Å². The molecule has 1 aromatic rings. The van der Waals surface area contributed by atoms with Crippen molar-refractivity contribution in [2.45, 2.75) is 39.5 Å². The highest BCUT2D eigenvalue weighted by molar-refractivity contribution is 6.33. The lowest BCUT2D eigenvalue weighted by Gasteiger charge is -2.22. The summed E-state index contributed by atoms with van der Waals surface area (Å²) in [6, 6.07) is 3.27. The maximum Gasteiger partial charge on any atom is 0.274 e. The van der Waals surface area contributed by atoms with Gasteiger partial charge in [0.15, 0.2) is 0 Å². The van der Waals surface area contributed by atoms with Crippen molar-refractivity contribution in [2.24, 2.45) is 5.84 Å². The molecule has 1 heterocycles. The van der Waals surface area contributed by atoms with Crippen LogP contribution in [0.3, 0.4) is 0 Å². The molecule has 5 nitrogen and oxygen atoms in total. The second-order valence-corrected chi connectivity index (χ2v) is 5.08. The number of nitrogen functional groups attached to an aromatic ring is 1. The van der Waals surface area contributed by atoms with E-state index in [1.165, 1.54) is 0 Å². The van der Waals surface area contributed by atoms with Crippen LogP contribution in [0.4, 0.5) is 5.82 Å². The molecule has 0 saturated heterocycles. The average Bonchev–Trinajstić information content (AvgIpc) is 2.47. The average molecular weight is 299 g/mol. The first-order chi connectivity index (χ1) is 9.63. The van der Waals surface area contributed by atoms with Crippen molar-refractivity contribution in [3.05, 3.63) is 22.8 Å². The lowest BCUT2D eigenvalue weighted by Crippen LogP contribution is -2.34. The fraction of sp³-hybridized carbons (Fsp3) is 0.571. The van der Waals surface area contributed by atoms with Crippen molar-refractivity contribution in [1.29, 1.82) is 0 Å². The van der Waals surface area contributed by atoms with Crippen molar-refractivity contribution >= 4 is 23.3 Å². The fourth-order valence-electron chi connectivity index (χ4n) is 1.84. The number of hydrogen-bond donors (Lipinski definition) is 2. The Morgan fingerprint density at radius 1 is 1.30 bits per heavy atom. The predicted octanol–water partition coefficient (Wildman–Crippen LogP) is 3.06.